The summed E-state index contributed by atoms with van der Waals surface area (Å²) < 4.78 is 10.8. The molecule has 6 nitrogen and oxygen atoms in total. The Morgan fingerprint density at radius 1 is 0.966 bits per heavy atom. The lowest BCUT2D eigenvalue weighted by molar-refractivity contribution is -0.125. The van der Waals surface area contributed by atoms with Crippen LogP contribution in [0.2, 0.25) is 0 Å². The average molecular weight is 391 g/mol. The van der Waals surface area contributed by atoms with E-state index in [4.69, 9.17) is 9.47 Å². The van der Waals surface area contributed by atoms with Gasteiger partial charge in [0.1, 0.15) is 11.5 Å². The van der Waals surface area contributed by atoms with E-state index in [2.05, 4.69) is 5.32 Å². The summed E-state index contributed by atoms with van der Waals surface area (Å²) in [7, 11) is 1.51. The number of hydrogen-bond donors (Lipinski definition) is 2. The van der Waals surface area contributed by atoms with E-state index in [-0.39, 0.29) is 11.3 Å². The molecule has 0 aromatic heterocycles. The van der Waals surface area contributed by atoms with Crippen LogP contribution in [0.15, 0.2) is 72.8 Å². The van der Waals surface area contributed by atoms with Crippen molar-refractivity contribution in [3.63, 3.8) is 0 Å². The summed E-state index contributed by atoms with van der Waals surface area (Å²) in [6.07, 6.45) is -1.18. The highest BCUT2D eigenvalue weighted by molar-refractivity contribution is 5.99. The van der Waals surface area contributed by atoms with Crippen molar-refractivity contribution in [3.8, 4) is 11.5 Å². The van der Waals surface area contributed by atoms with Crippen LogP contribution in [0.5, 0.6) is 11.5 Å². The van der Waals surface area contributed by atoms with Gasteiger partial charge in [-0.25, -0.2) is 4.79 Å². The first kappa shape index (κ1) is 19.9. The van der Waals surface area contributed by atoms with Crippen LogP contribution in [0.25, 0.3) is 0 Å². The molecule has 29 heavy (non-hydrogen) atoms. The van der Waals surface area contributed by atoms with Gasteiger partial charge in [0.2, 0.25) is 6.10 Å². The highest BCUT2D eigenvalue weighted by atomic mass is 16.5. The number of hydrogen-bond acceptors (Lipinski definition) is 5. The summed E-state index contributed by atoms with van der Waals surface area (Å²) in [5.74, 6) is -0.811. The van der Waals surface area contributed by atoms with Gasteiger partial charge in [-0.15, -0.1) is 0 Å². The van der Waals surface area contributed by atoms with Gasteiger partial charge in [-0.2, -0.15) is 0 Å². The first-order valence-electron chi connectivity index (χ1n) is 8.98. The lowest BCUT2D eigenvalue weighted by atomic mass is 10.1. The van der Waals surface area contributed by atoms with Gasteiger partial charge in [0.05, 0.1) is 18.4 Å². The molecule has 1 atom stereocenters. The minimum absolute atomic E-state index is 0.0651. The zero-order valence-corrected chi connectivity index (χ0v) is 16.1. The zero-order chi connectivity index (χ0) is 20.8. The number of anilines is 1. The molecule has 0 saturated heterocycles. The molecule has 3 aromatic carbocycles. The summed E-state index contributed by atoms with van der Waals surface area (Å²) in [6.45, 7) is 1.89. The van der Waals surface area contributed by atoms with E-state index in [0.717, 1.165) is 5.56 Å². The molecule has 0 unspecified atom stereocenters. The highest BCUT2D eigenvalue weighted by Crippen LogP contribution is 2.28. The third-order valence-corrected chi connectivity index (χ3v) is 4.26. The van der Waals surface area contributed by atoms with Crippen LogP contribution in [0.1, 0.15) is 27.6 Å². The Labute approximate surface area is 168 Å². The van der Waals surface area contributed by atoms with Crippen molar-refractivity contribution in [2.24, 2.45) is 0 Å². The molecule has 1 amide bonds. The third-order valence-electron chi connectivity index (χ3n) is 4.26. The summed E-state index contributed by atoms with van der Waals surface area (Å²) in [4.78, 5) is 25.6. The second-order valence-electron chi connectivity index (χ2n) is 6.44. The number of phenolic OH excluding ortho intramolecular Hbond substituents is 1. The molecule has 0 heterocycles. The first-order chi connectivity index (χ1) is 14.0. The molecule has 0 saturated carbocycles. The fourth-order valence-electron chi connectivity index (χ4n) is 2.83. The van der Waals surface area contributed by atoms with Gasteiger partial charge < -0.3 is 19.9 Å². The molecular weight excluding hydrogens is 370 g/mol. The molecule has 0 aliphatic rings. The van der Waals surface area contributed by atoms with Gasteiger partial charge in [-0.3, -0.25) is 4.79 Å². The molecule has 148 valence electrons. The van der Waals surface area contributed by atoms with E-state index < -0.39 is 18.0 Å². The topological polar surface area (TPSA) is 84.9 Å². The predicted molar refractivity (Wildman–Crippen MR) is 109 cm³/mol. The zero-order valence-electron chi connectivity index (χ0n) is 16.1. The van der Waals surface area contributed by atoms with Crippen LogP contribution in [0, 0.1) is 6.92 Å². The second-order valence-corrected chi connectivity index (χ2v) is 6.44. The van der Waals surface area contributed by atoms with Gasteiger partial charge in [0.15, 0.2) is 0 Å². The van der Waals surface area contributed by atoms with Crippen molar-refractivity contribution in [1.29, 1.82) is 0 Å². The Morgan fingerprint density at radius 3 is 2.41 bits per heavy atom. The molecule has 3 rings (SSSR count). The SMILES string of the molecule is COc1ccc(C)cc1NC(=O)[C@@H](OC(=O)c1cccc(O)c1)c1ccccc1. The predicted octanol–water partition coefficient (Wildman–Crippen LogP) is 4.25. The smallest absolute Gasteiger partial charge is 0.339 e. The number of aryl methyl sites for hydroxylation is 1. The van der Waals surface area contributed by atoms with Gasteiger partial charge in [-0.05, 0) is 42.8 Å². The summed E-state index contributed by atoms with van der Waals surface area (Å²) in [5, 5.41) is 12.4. The Morgan fingerprint density at radius 2 is 1.72 bits per heavy atom. The van der Waals surface area contributed by atoms with E-state index >= 15 is 0 Å². The van der Waals surface area contributed by atoms with Gasteiger partial charge in [-0.1, -0.05) is 42.5 Å². The van der Waals surface area contributed by atoms with Crippen molar-refractivity contribution in [2.45, 2.75) is 13.0 Å². The number of ether oxygens (including phenoxy) is 2. The fourth-order valence-corrected chi connectivity index (χ4v) is 2.83. The van der Waals surface area contributed by atoms with Crippen molar-refractivity contribution in [2.75, 3.05) is 12.4 Å². The Kier molecular flexibility index (Phi) is 6.14. The van der Waals surface area contributed by atoms with Gasteiger partial charge in [0, 0.05) is 5.56 Å². The number of carbonyl (C=O) groups is 2. The summed E-state index contributed by atoms with van der Waals surface area (Å²) in [6, 6.07) is 19.9. The number of benzene rings is 3. The molecule has 0 aliphatic heterocycles. The van der Waals surface area contributed by atoms with E-state index in [1.165, 1.54) is 31.4 Å². The number of esters is 1. The molecule has 0 radical (unpaired) electrons. The standard InChI is InChI=1S/C23H21NO5/c1-15-11-12-20(28-2)19(13-15)24-22(26)21(16-7-4-3-5-8-16)29-23(27)17-9-6-10-18(25)14-17/h3-14,21,25H,1-2H3,(H,24,26)/t21-/m0/s1. The van der Waals surface area contributed by atoms with Crippen LogP contribution >= 0.6 is 0 Å². The quantitative estimate of drug-likeness (QED) is 0.614. The largest absolute Gasteiger partial charge is 0.508 e. The lowest BCUT2D eigenvalue weighted by Crippen LogP contribution is -2.26. The number of amides is 1. The number of rotatable bonds is 6. The first-order valence-corrected chi connectivity index (χ1v) is 8.98. The monoisotopic (exact) mass is 391 g/mol. The minimum Gasteiger partial charge on any atom is -0.508 e. The number of phenols is 1. The minimum atomic E-state index is -1.18. The molecule has 2 N–H and O–H groups in total. The van der Waals surface area contributed by atoms with Crippen molar-refractivity contribution in [3.05, 3.63) is 89.5 Å². The van der Waals surface area contributed by atoms with Crippen LogP contribution in [0.4, 0.5) is 5.69 Å². The van der Waals surface area contributed by atoms with E-state index in [9.17, 15) is 14.7 Å². The Hall–Kier alpha value is -3.80. The lowest BCUT2D eigenvalue weighted by Gasteiger charge is -2.19. The maximum Gasteiger partial charge on any atom is 0.339 e. The third kappa shape index (κ3) is 4.93. The van der Waals surface area contributed by atoms with Crippen molar-refractivity contribution < 1.29 is 24.2 Å². The maximum atomic E-state index is 13.0. The van der Waals surface area contributed by atoms with Crippen LogP contribution in [-0.4, -0.2) is 24.1 Å². The molecule has 0 aliphatic carbocycles. The molecule has 0 fully saturated rings. The number of nitrogens with one attached hydrogen (secondary N) is 1. The van der Waals surface area contributed by atoms with Gasteiger partial charge >= 0.3 is 5.97 Å². The van der Waals surface area contributed by atoms with Crippen LogP contribution in [0.3, 0.4) is 0 Å². The van der Waals surface area contributed by atoms with Crippen LogP contribution < -0.4 is 10.1 Å². The molecule has 0 bridgehead atoms. The van der Waals surface area contributed by atoms with Gasteiger partial charge in [0.25, 0.3) is 5.91 Å². The van der Waals surface area contributed by atoms with Crippen molar-refractivity contribution in [1.82, 2.24) is 0 Å². The van der Waals surface area contributed by atoms with E-state index in [1.54, 1.807) is 42.5 Å². The normalized spacial score (nSPS) is 11.4. The average Bonchev–Trinajstić information content (AvgIpc) is 2.72. The number of carbonyl (C=O) groups excluding carboxylic acids is 2. The van der Waals surface area contributed by atoms with Crippen molar-refractivity contribution >= 4 is 17.6 Å². The molecular formula is C23H21NO5. The highest BCUT2D eigenvalue weighted by Gasteiger charge is 2.26. The van der Waals surface area contributed by atoms with E-state index in [1.807, 2.05) is 13.0 Å². The fraction of sp³-hybridized carbons (Fsp3) is 0.130. The Bertz CT molecular complexity index is 1020. The summed E-state index contributed by atoms with van der Waals surface area (Å²) in [5.41, 5.74) is 2.08. The number of methoxy groups -OCH3 is 1. The van der Waals surface area contributed by atoms with E-state index in [0.29, 0.717) is 17.0 Å². The Balaban J connectivity index is 1.89. The maximum absolute atomic E-state index is 13.0. The van der Waals surface area contributed by atoms with Crippen LogP contribution in [-0.2, 0) is 9.53 Å². The second kappa shape index (κ2) is 8.93. The number of aromatic hydroxyl groups is 1. The molecule has 3 aromatic rings. The summed E-state index contributed by atoms with van der Waals surface area (Å²) >= 11 is 0. The molecule has 6 heteroatoms. The molecule has 0 spiro atoms.